The van der Waals surface area contributed by atoms with Crippen molar-refractivity contribution in [3.63, 3.8) is 0 Å². The van der Waals surface area contributed by atoms with Gasteiger partial charge in [-0.1, -0.05) is 13.8 Å². The monoisotopic (exact) mass is 197 g/mol. The number of aryl methyl sites for hydroxylation is 1. The zero-order chi connectivity index (χ0) is 10.7. The lowest BCUT2D eigenvalue weighted by Crippen LogP contribution is -2.35. The number of nitrogens with one attached hydrogen (secondary N) is 1. The molecule has 1 unspecified atom stereocenters. The van der Waals surface area contributed by atoms with Gasteiger partial charge in [0, 0.05) is 19.4 Å². The Kier molecular flexibility index (Phi) is 3.11. The summed E-state index contributed by atoms with van der Waals surface area (Å²) in [6.45, 7) is 3.71. The van der Waals surface area contributed by atoms with Crippen LogP contribution in [-0.2, 0) is 11.8 Å². The summed E-state index contributed by atoms with van der Waals surface area (Å²) in [7, 11) is 1.81. The lowest BCUT2D eigenvalue weighted by molar-refractivity contribution is -0.138. The Balaban J connectivity index is 2.75. The van der Waals surface area contributed by atoms with Crippen molar-refractivity contribution in [2.24, 2.45) is 13.0 Å². The first kappa shape index (κ1) is 10.6. The highest BCUT2D eigenvalue weighted by Crippen LogP contribution is 2.09. The van der Waals surface area contributed by atoms with Crippen molar-refractivity contribution in [1.29, 1.82) is 0 Å². The number of nitrogens with zero attached hydrogens (tertiary/aromatic N) is 2. The highest BCUT2D eigenvalue weighted by atomic mass is 16.4. The maximum atomic E-state index is 10.9. The number of hydrogen-bond donors (Lipinski definition) is 2. The van der Waals surface area contributed by atoms with Gasteiger partial charge in [-0.05, 0) is 5.92 Å². The van der Waals surface area contributed by atoms with Crippen molar-refractivity contribution < 1.29 is 9.90 Å². The Labute approximate surface area is 82.8 Å². The molecule has 1 atom stereocenters. The maximum Gasteiger partial charge on any atom is 0.326 e. The standard InChI is InChI=1S/C9H15N3O2/c1-6(2)7(8(13)14)11-9-10-4-5-12(9)3/h4-7H,1-3H3,(H,10,11)(H,13,14). The van der Waals surface area contributed by atoms with Crippen LogP contribution in [0.25, 0.3) is 0 Å². The number of carboxylic acids is 1. The minimum absolute atomic E-state index is 0.0178. The third-order valence-corrected chi connectivity index (χ3v) is 2.04. The van der Waals surface area contributed by atoms with Gasteiger partial charge in [0.2, 0.25) is 5.95 Å². The van der Waals surface area contributed by atoms with Gasteiger partial charge in [0.15, 0.2) is 0 Å². The lowest BCUT2D eigenvalue weighted by atomic mass is 10.1. The minimum atomic E-state index is -0.858. The molecule has 0 bridgehead atoms. The highest BCUT2D eigenvalue weighted by molar-refractivity contribution is 5.76. The van der Waals surface area contributed by atoms with Gasteiger partial charge in [0.05, 0.1) is 0 Å². The Bertz CT molecular complexity index is 320. The Hall–Kier alpha value is -1.52. The summed E-state index contributed by atoms with van der Waals surface area (Å²) in [5.41, 5.74) is 0. The van der Waals surface area contributed by atoms with E-state index in [1.165, 1.54) is 0 Å². The molecule has 1 heterocycles. The quantitative estimate of drug-likeness (QED) is 0.753. The Morgan fingerprint density at radius 2 is 2.29 bits per heavy atom. The van der Waals surface area contributed by atoms with E-state index in [0.29, 0.717) is 5.95 Å². The fraction of sp³-hybridized carbons (Fsp3) is 0.556. The molecule has 5 heteroatoms. The number of hydrogen-bond acceptors (Lipinski definition) is 3. The fourth-order valence-electron chi connectivity index (χ4n) is 1.16. The maximum absolute atomic E-state index is 10.9. The van der Waals surface area contributed by atoms with Crippen LogP contribution in [0.15, 0.2) is 12.4 Å². The number of aromatic nitrogens is 2. The summed E-state index contributed by atoms with van der Waals surface area (Å²) in [5, 5.41) is 11.8. The molecule has 0 fully saturated rings. The number of imidazole rings is 1. The largest absolute Gasteiger partial charge is 0.480 e. The van der Waals surface area contributed by atoms with Crippen molar-refractivity contribution >= 4 is 11.9 Å². The van der Waals surface area contributed by atoms with E-state index in [1.54, 1.807) is 17.0 Å². The molecule has 1 aromatic heterocycles. The fourth-order valence-corrected chi connectivity index (χ4v) is 1.16. The van der Waals surface area contributed by atoms with Gasteiger partial charge in [-0.15, -0.1) is 0 Å². The van der Waals surface area contributed by atoms with Crippen LogP contribution in [0.5, 0.6) is 0 Å². The van der Waals surface area contributed by atoms with Crippen LogP contribution in [0.3, 0.4) is 0 Å². The molecule has 0 aliphatic rings. The molecule has 0 radical (unpaired) electrons. The van der Waals surface area contributed by atoms with Crippen molar-refractivity contribution in [3.8, 4) is 0 Å². The molecule has 0 spiro atoms. The number of carboxylic acid groups (broad SMARTS) is 1. The predicted octanol–water partition coefficient (Wildman–Crippen LogP) is 0.941. The van der Waals surface area contributed by atoms with E-state index < -0.39 is 12.0 Å². The summed E-state index contributed by atoms with van der Waals surface area (Å²) in [5.74, 6) is -0.265. The van der Waals surface area contributed by atoms with Crippen molar-refractivity contribution in [1.82, 2.24) is 9.55 Å². The normalized spacial score (nSPS) is 12.9. The van der Waals surface area contributed by atoms with Gasteiger partial charge in [-0.3, -0.25) is 0 Å². The first-order valence-electron chi connectivity index (χ1n) is 4.49. The van der Waals surface area contributed by atoms with Crippen LogP contribution in [0, 0.1) is 5.92 Å². The number of carbonyl (C=O) groups is 1. The zero-order valence-corrected chi connectivity index (χ0v) is 8.56. The molecular weight excluding hydrogens is 182 g/mol. The number of rotatable bonds is 4. The van der Waals surface area contributed by atoms with Crippen LogP contribution < -0.4 is 5.32 Å². The molecular formula is C9H15N3O2. The summed E-state index contributed by atoms with van der Waals surface area (Å²) in [6, 6.07) is -0.601. The van der Waals surface area contributed by atoms with Crippen molar-refractivity contribution in [2.75, 3.05) is 5.32 Å². The van der Waals surface area contributed by atoms with E-state index in [-0.39, 0.29) is 5.92 Å². The van der Waals surface area contributed by atoms with E-state index in [0.717, 1.165) is 0 Å². The average Bonchev–Trinajstić information content (AvgIpc) is 2.46. The second-order valence-corrected chi connectivity index (χ2v) is 3.57. The van der Waals surface area contributed by atoms with Gasteiger partial charge >= 0.3 is 5.97 Å². The van der Waals surface area contributed by atoms with Gasteiger partial charge in [-0.25, -0.2) is 9.78 Å². The topological polar surface area (TPSA) is 67.2 Å². The highest BCUT2D eigenvalue weighted by Gasteiger charge is 2.22. The summed E-state index contributed by atoms with van der Waals surface area (Å²) < 4.78 is 1.75. The molecule has 0 saturated heterocycles. The van der Waals surface area contributed by atoms with E-state index in [4.69, 9.17) is 5.11 Å². The Morgan fingerprint density at radius 1 is 1.64 bits per heavy atom. The third kappa shape index (κ3) is 2.25. The summed E-state index contributed by atoms with van der Waals surface area (Å²) in [6.07, 6.45) is 3.39. The van der Waals surface area contributed by atoms with Crippen LogP contribution in [-0.4, -0.2) is 26.7 Å². The summed E-state index contributed by atoms with van der Waals surface area (Å²) >= 11 is 0. The van der Waals surface area contributed by atoms with E-state index in [2.05, 4.69) is 10.3 Å². The van der Waals surface area contributed by atoms with Crippen molar-refractivity contribution in [3.05, 3.63) is 12.4 Å². The van der Waals surface area contributed by atoms with Crippen LogP contribution in [0.2, 0.25) is 0 Å². The van der Waals surface area contributed by atoms with Crippen LogP contribution >= 0.6 is 0 Å². The van der Waals surface area contributed by atoms with E-state index in [9.17, 15) is 4.79 Å². The van der Waals surface area contributed by atoms with Gasteiger partial charge < -0.3 is 15.0 Å². The Morgan fingerprint density at radius 3 is 2.64 bits per heavy atom. The number of aliphatic carboxylic acids is 1. The first-order chi connectivity index (χ1) is 6.52. The minimum Gasteiger partial charge on any atom is -0.480 e. The zero-order valence-electron chi connectivity index (χ0n) is 8.56. The van der Waals surface area contributed by atoms with Crippen LogP contribution in [0.1, 0.15) is 13.8 Å². The molecule has 1 aromatic rings. The molecule has 14 heavy (non-hydrogen) atoms. The first-order valence-corrected chi connectivity index (χ1v) is 4.49. The SMILES string of the molecule is CC(C)C(Nc1nccn1C)C(=O)O. The second kappa shape index (κ2) is 4.13. The van der Waals surface area contributed by atoms with E-state index in [1.807, 2.05) is 20.9 Å². The summed E-state index contributed by atoms with van der Waals surface area (Å²) in [4.78, 5) is 14.9. The van der Waals surface area contributed by atoms with Crippen LogP contribution in [0.4, 0.5) is 5.95 Å². The predicted molar refractivity (Wildman–Crippen MR) is 53.1 cm³/mol. The molecule has 0 aliphatic carbocycles. The lowest BCUT2D eigenvalue weighted by Gasteiger charge is -2.18. The third-order valence-electron chi connectivity index (χ3n) is 2.04. The molecule has 0 amide bonds. The molecule has 2 N–H and O–H groups in total. The van der Waals surface area contributed by atoms with Gasteiger partial charge in [-0.2, -0.15) is 0 Å². The molecule has 5 nitrogen and oxygen atoms in total. The molecule has 78 valence electrons. The molecule has 1 rings (SSSR count). The van der Waals surface area contributed by atoms with Gasteiger partial charge in [0.1, 0.15) is 6.04 Å². The number of anilines is 1. The van der Waals surface area contributed by atoms with Gasteiger partial charge in [0.25, 0.3) is 0 Å². The smallest absolute Gasteiger partial charge is 0.326 e. The molecule has 0 saturated carbocycles. The average molecular weight is 197 g/mol. The molecule has 0 aliphatic heterocycles. The van der Waals surface area contributed by atoms with E-state index >= 15 is 0 Å². The second-order valence-electron chi connectivity index (χ2n) is 3.57. The molecule has 0 aromatic carbocycles. The van der Waals surface area contributed by atoms with Crippen molar-refractivity contribution in [2.45, 2.75) is 19.9 Å².